The number of anilines is 1. The lowest BCUT2D eigenvalue weighted by Gasteiger charge is -2.12. The topological polar surface area (TPSA) is 53.6 Å². The van der Waals surface area contributed by atoms with E-state index in [4.69, 9.17) is 12.2 Å². The molecular weight excluding hydrogens is 220 g/mol. The first kappa shape index (κ1) is 11.3. The third-order valence-corrected chi connectivity index (χ3v) is 2.89. The molecule has 0 aromatic carbocycles. The summed E-state index contributed by atoms with van der Waals surface area (Å²) in [6, 6.07) is 0. The number of hydrogen-bond acceptors (Lipinski definition) is 4. The molecule has 0 fully saturated rings. The average Bonchev–Trinajstić information content (AvgIpc) is 2.30. The van der Waals surface area contributed by atoms with Crippen molar-refractivity contribution in [3.63, 3.8) is 0 Å². The van der Waals surface area contributed by atoms with Crippen LogP contribution in [0, 0.1) is 4.77 Å². The normalized spacial score (nSPS) is 15.6. The Labute approximate surface area is 100 Å². The first-order chi connectivity index (χ1) is 7.84. The number of nitrogens with one attached hydrogen (secondary N) is 2. The van der Waals surface area contributed by atoms with Crippen LogP contribution >= 0.6 is 12.2 Å². The number of hydrogen-bond donors (Lipinski definition) is 2. The van der Waals surface area contributed by atoms with Gasteiger partial charge in [0, 0.05) is 6.54 Å². The summed E-state index contributed by atoms with van der Waals surface area (Å²) in [6.07, 6.45) is 10.3. The van der Waals surface area contributed by atoms with E-state index < -0.39 is 0 Å². The van der Waals surface area contributed by atoms with E-state index in [0.29, 0.717) is 4.77 Å². The van der Waals surface area contributed by atoms with Gasteiger partial charge >= 0.3 is 0 Å². The molecule has 0 bridgehead atoms. The standard InChI is InChI=1S/C11H16N4S/c16-11-14-10(8-13-15-11)12-7-6-9-4-2-1-3-5-9/h4,8H,1-3,5-7H2,(H2,12,14,15,16). The molecule has 2 N–H and O–H groups in total. The molecule has 0 atom stereocenters. The molecule has 0 spiro atoms. The molecule has 16 heavy (non-hydrogen) atoms. The molecule has 1 aliphatic rings. The van der Waals surface area contributed by atoms with Crippen LogP contribution in [-0.4, -0.2) is 21.7 Å². The van der Waals surface area contributed by atoms with Crippen molar-refractivity contribution in [1.29, 1.82) is 0 Å². The summed E-state index contributed by atoms with van der Waals surface area (Å²) in [5, 5.41) is 9.73. The Hall–Kier alpha value is -1.23. The maximum absolute atomic E-state index is 4.89. The molecule has 0 saturated carbocycles. The second kappa shape index (κ2) is 5.75. The number of aromatic nitrogens is 3. The highest BCUT2D eigenvalue weighted by Crippen LogP contribution is 2.19. The van der Waals surface area contributed by atoms with Gasteiger partial charge in [0.05, 0.1) is 6.20 Å². The van der Waals surface area contributed by atoms with E-state index in [0.717, 1.165) is 18.8 Å². The van der Waals surface area contributed by atoms with Gasteiger partial charge in [-0.1, -0.05) is 11.6 Å². The molecule has 0 aliphatic heterocycles. The molecule has 5 heteroatoms. The minimum Gasteiger partial charge on any atom is -0.368 e. The predicted molar refractivity (Wildman–Crippen MR) is 66.9 cm³/mol. The Morgan fingerprint density at radius 2 is 2.38 bits per heavy atom. The van der Waals surface area contributed by atoms with Crippen LogP contribution < -0.4 is 5.32 Å². The van der Waals surface area contributed by atoms with Crippen molar-refractivity contribution in [2.24, 2.45) is 0 Å². The van der Waals surface area contributed by atoms with Gasteiger partial charge in [-0.25, -0.2) is 4.98 Å². The highest BCUT2D eigenvalue weighted by molar-refractivity contribution is 7.71. The molecule has 86 valence electrons. The molecule has 1 heterocycles. The number of rotatable bonds is 4. The van der Waals surface area contributed by atoms with Gasteiger partial charge in [-0.15, -0.1) is 0 Å². The number of aromatic amines is 1. The summed E-state index contributed by atoms with van der Waals surface area (Å²) in [6.45, 7) is 0.902. The van der Waals surface area contributed by atoms with Crippen molar-refractivity contribution in [3.05, 3.63) is 22.6 Å². The number of nitrogens with zero attached hydrogens (tertiary/aromatic N) is 2. The van der Waals surface area contributed by atoms with E-state index in [9.17, 15) is 0 Å². The molecule has 4 nitrogen and oxygen atoms in total. The Bertz CT molecular complexity index is 424. The second-order valence-electron chi connectivity index (χ2n) is 3.96. The van der Waals surface area contributed by atoms with Crippen molar-refractivity contribution in [2.45, 2.75) is 32.1 Å². The van der Waals surface area contributed by atoms with Gasteiger partial charge < -0.3 is 5.32 Å². The fourth-order valence-corrected chi connectivity index (χ4v) is 2.03. The smallest absolute Gasteiger partial charge is 0.215 e. The fraction of sp³-hybridized carbons (Fsp3) is 0.545. The first-order valence-electron chi connectivity index (χ1n) is 5.68. The Morgan fingerprint density at radius 3 is 3.12 bits per heavy atom. The summed E-state index contributed by atoms with van der Waals surface area (Å²) < 4.78 is 0.418. The van der Waals surface area contributed by atoms with Gasteiger partial charge in [0.25, 0.3) is 0 Å². The van der Waals surface area contributed by atoms with Gasteiger partial charge in [0.15, 0.2) is 0 Å². The maximum atomic E-state index is 4.89. The zero-order valence-electron chi connectivity index (χ0n) is 9.20. The molecule has 0 saturated heterocycles. The van der Waals surface area contributed by atoms with Gasteiger partial charge in [-0.05, 0) is 44.3 Å². The lowest BCUT2D eigenvalue weighted by atomic mass is 9.97. The molecule has 1 aromatic rings. The van der Waals surface area contributed by atoms with Crippen LogP contribution in [0.4, 0.5) is 5.82 Å². The van der Waals surface area contributed by atoms with Crippen LogP contribution in [0.25, 0.3) is 0 Å². The minimum absolute atomic E-state index is 0.418. The van der Waals surface area contributed by atoms with Crippen LogP contribution in [0.3, 0.4) is 0 Å². The highest BCUT2D eigenvalue weighted by atomic mass is 32.1. The first-order valence-corrected chi connectivity index (χ1v) is 6.09. The molecule has 0 unspecified atom stereocenters. The van der Waals surface area contributed by atoms with Gasteiger partial charge in [-0.2, -0.15) is 5.10 Å². The SMILES string of the molecule is S=c1nc(NCCC2=CCCCC2)cn[nH]1. The molecule has 1 aromatic heterocycles. The summed E-state index contributed by atoms with van der Waals surface area (Å²) in [7, 11) is 0. The van der Waals surface area contributed by atoms with E-state index in [2.05, 4.69) is 26.6 Å². The molecule has 0 amide bonds. The van der Waals surface area contributed by atoms with Crippen LogP contribution in [-0.2, 0) is 0 Å². The predicted octanol–water partition coefficient (Wildman–Crippen LogP) is 2.84. The molecule has 0 radical (unpaired) electrons. The van der Waals surface area contributed by atoms with Crippen LogP contribution in [0.1, 0.15) is 32.1 Å². The van der Waals surface area contributed by atoms with Crippen molar-refractivity contribution in [2.75, 3.05) is 11.9 Å². The second-order valence-corrected chi connectivity index (χ2v) is 4.34. The molecule has 1 aliphatic carbocycles. The summed E-state index contributed by atoms with van der Waals surface area (Å²) >= 11 is 4.89. The molecular formula is C11H16N4S. The Morgan fingerprint density at radius 1 is 1.44 bits per heavy atom. The summed E-state index contributed by atoms with van der Waals surface area (Å²) in [5.74, 6) is 0.750. The molecule has 2 rings (SSSR count). The van der Waals surface area contributed by atoms with Crippen LogP contribution in [0.2, 0.25) is 0 Å². The zero-order chi connectivity index (χ0) is 11.2. The summed E-state index contributed by atoms with van der Waals surface area (Å²) in [4.78, 5) is 4.12. The van der Waals surface area contributed by atoms with Crippen molar-refractivity contribution in [1.82, 2.24) is 15.2 Å². The Balaban J connectivity index is 1.79. The number of H-pyrrole nitrogens is 1. The number of allylic oxidation sites excluding steroid dienone is 1. The van der Waals surface area contributed by atoms with Crippen LogP contribution in [0.5, 0.6) is 0 Å². The van der Waals surface area contributed by atoms with Gasteiger partial charge in [-0.3, -0.25) is 5.10 Å². The third kappa shape index (κ3) is 3.41. The van der Waals surface area contributed by atoms with E-state index in [1.54, 1.807) is 11.8 Å². The van der Waals surface area contributed by atoms with Crippen molar-refractivity contribution in [3.8, 4) is 0 Å². The minimum atomic E-state index is 0.418. The lowest BCUT2D eigenvalue weighted by molar-refractivity contribution is 0.679. The van der Waals surface area contributed by atoms with E-state index >= 15 is 0 Å². The van der Waals surface area contributed by atoms with Crippen molar-refractivity contribution < 1.29 is 0 Å². The summed E-state index contributed by atoms with van der Waals surface area (Å²) in [5.41, 5.74) is 1.56. The van der Waals surface area contributed by atoms with E-state index in [-0.39, 0.29) is 0 Å². The average molecular weight is 236 g/mol. The third-order valence-electron chi connectivity index (χ3n) is 2.71. The van der Waals surface area contributed by atoms with Crippen LogP contribution in [0.15, 0.2) is 17.8 Å². The maximum Gasteiger partial charge on any atom is 0.215 e. The Kier molecular flexibility index (Phi) is 4.04. The highest BCUT2D eigenvalue weighted by Gasteiger charge is 2.03. The zero-order valence-corrected chi connectivity index (χ0v) is 10.0. The fourth-order valence-electron chi connectivity index (χ4n) is 1.88. The van der Waals surface area contributed by atoms with Crippen molar-refractivity contribution >= 4 is 18.0 Å². The lowest BCUT2D eigenvalue weighted by Crippen LogP contribution is -2.06. The van der Waals surface area contributed by atoms with Gasteiger partial charge in [0.1, 0.15) is 5.82 Å². The van der Waals surface area contributed by atoms with Gasteiger partial charge in [0.2, 0.25) is 4.77 Å². The quantitative estimate of drug-likeness (QED) is 0.623. The van der Waals surface area contributed by atoms with E-state index in [1.807, 2.05) is 0 Å². The van der Waals surface area contributed by atoms with E-state index in [1.165, 1.54) is 25.7 Å². The largest absolute Gasteiger partial charge is 0.368 e. The monoisotopic (exact) mass is 236 g/mol.